The third-order valence-corrected chi connectivity index (χ3v) is 6.03. The summed E-state index contributed by atoms with van der Waals surface area (Å²) in [4.78, 5) is 4.90. The van der Waals surface area contributed by atoms with Crippen molar-refractivity contribution in [2.45, 2.75) is 44.2 Å². The van der Waals surface area contributed by atoms with E-state index in [-0.39, 0.29) is 0 Å². The Morgan fingerprint density at radius 2 is 2.00 bits per heavy atom. The highest BCUT2D eigenvalue weighted by Gasteiger charge is 2.31. The summed E-state index contributed by atoms with van der Waals surface area (Å²) in [7, 11) is 0. The fourth-order valence-corrected chi connectivity index (χ4v) is 5.18. The second-order valence-electron chi connectivity index (χ2n) is 5.03. The monoisotopic (exact) mass is 256 g/mol. The minimum atomic E-state index is 0.654. The fraction of sp³-hybridized carbons (Fsp3) is 0.917. The van der Waals surface area contributed by atoms with Crippen molar-refractivity contribution in [3.8, 4) is 0 Å². The highest BCUT2D eigenvalue weighted by molar-refractivity contribution is 8.13. The molecule has 90 valence electrons. The molecule has 4 heteroatoms. The lowest BCUT2D eigenvalue weighted by Gasteiger charge is -2.28. The van der Waals surface area contributed by atoms with Gasteiger partial charge in [-0.2, -0.15) is 11.8 Å². The molecule has 2 fully saturated rings. The summed E-state index contributed by atoms with van der Waals surface area (Å²) >= 11 is 4.05. The van der Waals surface area contributed by atoms with Crippen LogP contribution in [-0.2, 0) is 0 Å². The maximum Gasteiger partial charge on any atom is 0.157 e. The SMILES string of the molecule is C1CC2CSC(NC3CCSCC3)=NC2C1. The smallest absolute Gasteiger partial charge is 0.157 e. The molecule has 1 saturated carbocycles. The van der Waals surface area contributed by atoms with Crippen LogP contribution < -0.4 is 5.32 Å². The van der Waals surface area contributed by atoms with Crippen LogP contribution in [0.5, 0.6) is 0 Å². The molecular formula is C12H20N2S2. The molecule has 0 spiro atoms. The van der Waals surface area contributed by atoms with Crippen molar-refractivity contribution in [2.75, 3.05) is 17.3 Å². The molecule has 0 aromatic carbocycles. The molecule has 2 atom stereocenters. The number of nitrogens with zero attached hydrogens (tertiary/aromatic N) is 1. The molecule has 2 aliphatic heterocycles. The standard InChI is InChI=1S/C12H20N2S2/c1-2-9-8-16-12(14-11(9)3-1)13-10-4-6-15-7-5-10/h9-11H,1-8H2,(H,13,14). The van der Waals surface area contributed by atoms with Crippen LogP contribution in [0.3, 0.4) is 0 Å². The number of nitrogens with one attached hydrogen (secondary N) is 1. The lowest BCUT2D eigenvalue weighted by molar-refractivity contribution is 0.522. The predicted molar refractivity (Wildman–Crippen MR) is 74.5 cm³/mol. The Bertz CT molecular complexity index is 274. The predicted octanol–water partition coefficient (Wildman–Crippen LogP) is 2.74. The van der Waals surface area contributed by atoms with Gasteiger partial charge in [0.25, 0.3) is 0 Å². The summed E-state index contributed by atoms with van der Waals surface area (Å²) in [6, 6.07) is 1.35. The number of hydrogen-bond acceptors (Lipinski definition) is 4. The molecular weight excluding hydrogens is 236 g/mol. The topological polar surface area (TPSA) is 24.4 Å². The molecule has 3 rings (SSSR count). The van der Waals surface area contributed by atoms with E-state index in [4.69, 9.17) is 4.99 Å². The average Bonchev–Trinajstić information content (AvgIpc) is 2.77. The van der Waals surface area contributed by atoms with Gasteiger partial charge < -0.3 is 5.32 Å². The fourth-order valence-electron chi connectivity index (χ4n) is 2.85. The number of rotatable bonds is 1. The molecule has 0 aromatic rings. The maximum absolute atomic E-state index is 4.90. The van der Waals surface area contributed by atoms with Crippen LogP contribution in [0.1, 0.15) is 32.1 Å². The van der Waals surface area contributed by atoms with Gasteiger partial charge in [0.1, 0.15) is 0 Å². The van der Waals surface area contributed by atoms with E-state index in [0.29, 0.717) is 12.1 Å². The van der Waals surface area contributed by atoms with Crippen molar-refractivity contribution in [1.82, 2.24) is 5.32 Å². The zero-order valence-electron chi connectivity index (χ0n) is 9.65. The first-order valence-electron chi connectivity index (χ1n) is 6.47. The van der Waals surface area contributed by atoms with E-state index in [1.165, 1.54) is 54.5 Å². The second-order valence-corrected chi connectivity index (χ2v) is 7.27. The van der Waals surface area contributed by atoms with Gasteiger partial charge in [0.15, 0.2) is 5.17 Å². The zero-order chi connectivity index (χ0) is 10.8. The van der Waals surface area contributed by atoms with Gasteiger partial charge in [0.05, 0.1) is 6.04 Å². The summed E-state index contributed by atoms with van der Waals surface area (Å²) in [5.74, 6) is 4.83. The quantitative estimate of drug-likeness (QED) is 0.781. The molecule has 0 bridgehead atoms. The molecule has 0 amide bonds. The minimum absolute atomic E-state index is 0.654. The third kappa shape index (κ3) is 2.53. The molecule has 3 aliphatic rings. The van der Waals surface area contributed by atoms with Crippen LogP contribution in [0.25, 0.3) is 0 Å². The molecule has 2 unspecified atom stereocenters. The zero-order valence-corrected chi connectivity index (χ0v) is 11.3. The van der Waals surface area contributed by atoms with Crippen LogP contribution in [0.2, 0.25) is 0 Å². The van der Waals surface area contributed by atoms with Gasteiger partial charge in [-0.05, 0) is 43.1 Å². The number of hydrogen-bond donors (Lipinski definition) is 1. The van der Waals surface area contributed by atoms with Gasteiger partial charge in [-0.1, -0.05) is 18.2 Å². The van der Waals surface area contributed by atoms with Crippen LogP contribution in [0.4, 0.5) is 0 Å². The normalized spacial score (nSPS) is 35.6. The van der Waals surface area contributed by atoms with E-state index in [2.05, 4.69) is 17.1 Å². The van der Waals surface area contributed by atoms with Crippen molar-refractivity contribution in [3.05, 3.63) is 0 Å². The number of thioether (sulfide) groups is 2. The highest BCUT2D eigenvalue weighted by Crippen LogP contribution is 2.35. The molecule has 0 radical (unpaired) electrons. The average molecular weight is 256 g/mol. The summed E-state index contributed by atoms with van der Waals surface area (Å²) in [6.45, 7) is 0. The van der Waals surface area contributed by atoms with Crippen molar-refractivity contribution in [2.24, 2.45) is 10.9 Å². The van der Waals surface area contributed by atoms with Crippen molar-refractivity contribution in [1.29, 1.82) is 0 Å². The first-order valence-corrected chi connectivity index (χ1v) is 8.61. The third-order valence-electron chi connectivity index (χ3n) is 3.89. The number of fused-ring (bicyclic) bond motifs is 1. The Morgan fingerprint density at radius 3 is 2.88 bits per heavy atom. The Hall–Kier alpha value is 0.170. The highest BCUT2D eigenvalue weighted by atomic mass is 32.2. The molecule has 0 aromatic heterocycles. The van der Waals surface area contributed by atoms with Gasteiger partial charge >= 0.3 is 0 Å². The van der Waals surface area contributed by atoms with E-state index < -0.39 is 0 Å². The maximum atomic E-state index is 4.90. The van der Waals surface area contributed by atoms with E-state index in [0.717, 1.165) is 5.92 Å². The Morgan fingerprint density at radius 1 is 1.12 bits per heavy atom. The largest absolute Gasteiger partial charge is 0.362 e. The molecule has 1 N–H and O–H groups in total. The van der Waals surface area contributed by atoms with E-state index in [9.17, 15) is 0 Å². The molecule has 1 saturated heterocycles. The van der Waals surface area contributed by atoms with Crippen molar-refractivity contribution in [3.63, 3.8) is 0 Å². The molecule has 2 nitrogen and oxygen atoms in total. The first-order chi connectivity index (χ1) is 7.92. The molecule has 1 aliphatic carbocycles. The number of amidine groups is 1. The summed E-state index contributed by atoms with van der Waals surface area (Å²) in [5.41, 5.74) is 0. The van der Waals surface area contributed by atoms with E-state index >= 15 is 0 Å². The van der Waals surface area contributed by atoms with Crippen molar-refractivity contribution >= 4 is 28.7 Å². The molecule has 2 heterocycles. The lowest BCUT2D eigenvalue weighted by atomic mass is 10.1. The van der Waals surface area contributed by atoms with Crippen LogP contribution in [-0.4, -0.2) is 34.5 Å². The van der Waals surface area contributed by atoms with Crippen LogP contribution in [0.15, 0.2) is 4.99 Å². The second kappa shape index (κ2) is 5.21. The minimum Gasteiger partial charge on any atom is -0.362 e. The summed E-state index contributed by atoms with van der Waals surface area (Å²) in [5, 5.41) is 4.92. The lowest BCUT2D eigenvalue weighted by Crippen LogP contribution is -2.39. The van der Waals surface area contributed by atoms with Gasteiger partial charge in [0, 0.05) is 11.8 Å². The Kier molecular flexibility index (Phi) is 3.67. The van der Waals surface area contributed by atoms with Gasteiger partial charge in [0.2, 0.25) is 0 Å². The van der Waals surface area contributed by atoms with Gasteiger partial charge in [-0.25, -0.2) is 0 Å². The Balaban J connectivity index is 1.57. The first kappa shape index (κ1) is 11.3. The van der Waals surface area contributed by atoms with Gasteiger partial charge in [-0.15, -0.1) is 0 Å². The Labute approximate surface area is 106 Å². The van der Waals surface area contributed by atoms with Gasteiger partial charge in [-0.3, -0.25) is 4.99 Å². The van der Waals surface area contributed by atoms with Crippen LogP contribution in [0, 0.1) is 5.92 Å². The van der Waals surface area contributed by atoms with Crippen LogP contribution >= 0.6 is 23.5 Å². The number of aliphatic imine (C=N–C) groups is 1. The molecule has 16 heavy (non-hydrogen) atoms. The summed E-state index contributed by atoms with van der Waals surface area (Å²) in [6.07, 6.45) is 6.77. The van der Waals surface area contributed by atoms with E-state index in [1.54, 1.807) is 0 Å². The van der Waals surface area contributed by atoms with E-state index in [1.807, 2.05) is 11.8 Å². The summed E-state index contributed by atoms with van der Waals surface area (Å²) < 4.78 is 0. The van der Waals surface area contributed by atoms with Crippen molar-refractivity contribution < 1.29 is 0 Å².